The predicted molar refractivity (Wildman–Crippen MR) is 110 cm³/mol. The van der Waals surface area contributed by atoms with E-state index in [2.05, 4.69) is 10.0 Å². The van der Waals surface area contributed by atoms with Crippen LogP contribution in [0.1, 0.15) is 24.2 Å². The highest BCUT2D eigenvalue weighted by Crippen LogP contribution is 2.27. The third-order valence-electron chi connectivity index (χ3n) is 4.04. The Balaban J connectivity index is 2.00. The maximum absolute atomic E-state index is 12.9. The molecule has 2 N–H and O–H groups in total. The lowest BCUT2D eigenvalue weighted by Crippen LogP contribution is -2.15. The first-order valence-electron chi connectivity index (χ1n) is 8.96. The van der Waals surface area contributed by atoms with Gasteiger partial charge in [-0.05, 0) is 56.3 Å². The minimum Gasteiger partial charge on any atom is -0.462 e. The number of rotatable bonds is 7. The number of fused-ring (bicyclic) bond motifs is 1. The van der Waals surface area contributed by atoms with Gasteiger partial charge >= 0.3 is 11.6 Å². The minimum atomic E-state index is -3.97. The molecule has 3 rings (SSSR count). The van der Waals surface area contributed by atoms with Crippen LogP contribution in [0.2, 0.25) is 0 Å². The van der Waals surface area contributed by atoms with Crippen molar-refractivity contribution in [2.24, 2.45) is 0 Å². The highest BCUT2D eigenvalue weighted by atomic mass is 32.2. The Bertz CT molecular complexity index is 1220. The molecule has 1 aromatic heterocycles. The molecular formula is C20H20N2O6S. The number of sulfonamides is 1. The molecule has 3 aromatic rings. The Morgan fingerprint density at radius 1 is 1.03 bits per heavy atom. The second kappa shape index (κ2) is 8.36. The lowest BCUT2D eigenvalue weighted by molar-refractivity contribution is 0.0526. The fourth-order valence-electron chi connectivity index (χ4n) is 2.74. The van der Waals surface area contributed by atoms with E-state index in [0.717, 1.165) is 0 Å². The zero-order valence-corrected chi connectivity index (χ0v) is 16.7. The maximum atomic E-state index is 12.9. The molecule has 152 valence electrons. The SMILES string of the molecule is CCNc1ccc(C(=O)OCC)cc1NS(=O)(=O)c1ccc2oc(=O)ccc2c1. The predicted octanol–water partition coefficient (Wildman–Crippen LogP) is 3.20. The molecule has 0 amide bonds. The Hall–Kier alpha value is -3.33. The molecular weight excluding hydrogens is 396 g/mol. The molecule has 0 aliphatic heterocycles. The van der Waals surface area contributed by atoms with Crippen molar-refractivity contribution in [3.05, 3.63) is 64.5 Å². The van der Waals surface area contributed by atoms with Crippen molar-refractivity contribution in [1.29, 1.82) is 0 Å². The summed E-state index contributed by atoms with van der Waals surface area (Å²) in [6.45, 7) is 4.33. The van der Waals surface area contributed by atoms with Gasteiger partial charge in [0.2, 0.25) is 0 Å². The fourth-order valence-corrected chi connectivity index (χ4v) is 3.84. The third-order valence-corrected chi connectivity index (χ3v) is 5.41. The molecule has 0 spiro atoms. The number of carbonyl (C=O) groups excluding carboxylic acids is 1. The number of ether oxygens (including phenoxy) is 1. The Kier molecular flexibility index (Phi) is 5.88. The van der Waals surface area contributed by atoms with E-state index in [1.165, 1.54) is 36.4 Å². The van der Waals surface area contributed by atoms with Crippen molar-refractivity contribution in [3.63, 3.8) is 0 Å². The van der Waals surface area contributed by atoms with Crippen LogP contribution in [0.15, 0.2) is 62.6 Å². The first-order valence-corrected chi connectivity index (χ1v) is 10.4. The minimum absolute atomic E-state index is 0.0113. The first kappa shape index (κ1) is 20.4. The third kappa shape index (κ3) is 4.57. The molecule has 0 bridgehead atoms. The van der Waals surface area contributed by atoms with Gasteiger partial charge in [-0.15, -0.1) is 0 Å². The van der Waals surface area contributed by atoms with Crippen molar-refractivity contribution < 1.29 is 22.4 Å². The molecule has 0 radical (unpaired) electrons. The van der Waals surface area contributed by atoms with Crippen LogP contribution < -0.4 is 15.7 Å². The van der Waals surface area contributed by atoms with Gasteiger partial charge in [0.25, 0.3) is 10.0 Å². The second-order valence-corrected chi connectivity index (χ2v) is 7.75. The summed E-state index contributed by atoms with van der Waals surface area (Å²) in [5, 5.41) is 3.53. The van der Waals surface area contributed by atoms with Crippen molar-refractivity contribution in [2.45, 2.75) is 18.7 Å². The number of anilines is 2. The van der Waals surface area contributed by atoms with Gasteiger partial charge in [-0.1, -0.05) is 0 Å². The van der Waals surface area contributed by atoms with E-state index in [0.29, 0.717) is 17.6 Å². The maximum Gasteiger partial charge on any atom is 0.338 e. The van der Waals surface area contributed by atoms with E-state index in [1.54, 1.807) is 19.1 Å². The summed E-state index contributed by atoms with van der Waals surface area (Å²) in [5.74, 6) is -0.545. The van der Waals surface area contributed by atoms with Crippen LogP contribution in [0, 0.1) is 0 Å². The highest BCUT2D eigenvalue weighted by molar-refractivity contribution is 7.92. The molecule has 8 nitrogen and oxygen atoms in total. The van der Waals surface area contributed by atoms with Crippen molar-refractivity contribution in [1.82, 2.24) is 0 Å². The van der Waals surface area contributed by atoms with Crippen molar-refractivity contribution in [2.75, 3.05) is 23.2 Å². The summed E-state index contributed by atoms with van der Waals surface area (Å²) in [4.78, 5) is 23.3. The van der Waals surface area contributed by atoms with Gasteiger partial charge in [-0.3, -0.25) is 4.72 Å². The summed E-state index contributed by atoms with van der Waals surface area (Å²) < 4.78 is 38.4. The van der Waals surface area contributed by atoms with Crippen LogP contribution in [0.3, 0.4) is 0 Å². The Morgan fingerprint density at radius 3 is 2.55 bits per heavy atom. The Morgan fingerprint density at radius 2 is 1.83 bits per heavy atom. The number of esters is 1. The van der Waals surface area contributed by atoms with Gasteiger partial charge in [0.1, 0.15) is 5.58 Å². The molecule has 29 heavy (non-hydrogen) atoms. The zero-order valence-electron chi connectivity index (χ0n) is 15.9. The summed E-state index contributed by atoms with van der Waals surface area (Å²) in [5.41, 5.74) is 0.742. The van der Waals surface area contributed by atoms with E-state index in [9.17, 15) is 18.0 Å². The van der Waals surface area contributed by atoms with Crippen LogP contribution in [0.4, 0.5) is 11.4 Å². The van der Waals surface area contributed by atoms with E-state index >= 15 is 0 Å². The quantitative estimate of drug-likeness (QED) is 0.449. The van der Waals surface area contributed by atoms with Crippen molar-refractivity contribution >= 4 is 38.3 Å². The summed E-state index contributed by atoms with van der Waals surface area (Å²) in [6.07, 6.45) is 0. The van der Waals surface area contributed by atoms with Gasteiger partial charge in [0.15, 0.2) is 0 Å². The van der Waals surface area contributed by atoms with Crippen molar-refractivity contribution in [3.8, 4) is 0 Å². The number of carbonyl (C=O) groups is 1. The molecule has 0 aliphatic rings. The topological polar surface area (TPSA) is 115 Å². The molecule has 0 saturated heterocycles. The molecule has 2 aromatic carbocycles. The zero-order chi connectivity index (χ0) is 21.0. The first-order chi connectivity index (χ1) is 13.8. The lowest BCUT2D eigenvalue weighted by Gasteiger charge is -2.15. The number of benzene rings is 2. The van der Waals surface area contributed by atoms with Crippen LogP contribution in [0.25, 0.3) is 11.0 Å². The highest BCUT2D eigenvalue weighted by Gasteiger charge is 2.19. The van der Waals surface area contributed by atoms with E-state index in [1.807, 2.05) is 6.92 Å². The summed E-state index contributed by atoms with van der Waals surface area (Å²) in [6, 6.07) is 11.5. The molecule has 0 aliphatic carbocycles. The van der Waals surface area contributed by atoms with Crippen LogP contribution in [0.5, 0.6) is 0 Å². The average molecular weight is 416 g/mol. The van der Waals surface area contributed by atoms with Gasteiger partial charge < -0.3 is 14.5 Å². The molecule has 0 fully saturated rings. The smallest absolute Gasteiger partial charge is 0.338 e. The number of nitrogens with one attached hydrogen (secondary N) is 2. The Labute approximate surface area is 167 Å². The van der Waals surface area contributed by atoms with Gasteiger partial charge in [0, 0.05) is 18.0 Å². The largest absolute Gasteiger partial charge is 0.462 e. The standard InChI is InChI=1S/C20H20N2O6S/c1-3-21-16-8-5-14(20(24)27-4-2)12-17(16)22-29(25,26)15-7-9-18-13(11-15)6-10-19(23)28-18/h5-12,21-22H,3-4H2,1-2H3. The molecule has 0 saturated carbocycles. The van der Waals surface area contributed by atoms with E-state index in [4.69, 9.17) is 9.15 Å². The van der Waals surface area contributed by atoms with Gasteiger partial charge in [-0.2, -0.15) is 0 Å². The monoisotopic (exact) mass is 416 g/mol. The normalized spacial score (nSPS) is 11.2. The summed E-state index contributed by atoms with van der Waals surface area (Å²) >= 11 is 0. The summed E-state index contributed by atoms with van der Waals surface area (Å²) in [7, 11) is -3.97. The second-order valence-electron chi connectivity index (χ2n) is 6.07. The molecule has 0 atom stereocenters. The molecule has 1 heterocycles. The van der Waals surface area contributed by atoms with Crippen LogP contribution >= 0.6 is 0 Å². The number of hydrogen-bond donors (Lipinski definition) is 2. The van der Waals surface area contributed by atoms with E-state index < -0.39 is 21.6 Å². The van der Waals surface area contributed by atoms with Crippen LogP contribution in [-0.4, -0.2) is 27.5 Å². The average Bonchev–Trinajstić information content (AvgIpc) is 2.69. The molecule has 0 unspecified atom stereocenters. The van der Waals surface area contributed by atoms with Gasteiger partial charge in [0.05, 0.1) is 28.4 Å². The van der Waals surface area contributed by atoms with Crippen LogP contribution in [-0.2, 0) is 14.8 Å². The fraction of sp³-hybridized carbons (Fsp3) is 0.200. The van der Waals surface area contributed by atoms with E-state index in [-0.39, 0.29) is 28.3 Å². The molecule has 9 heteroatoms. The number of hydrogen-bond acceptors (Lipinski definition) is 7. The lowest BCUT2D eigenvalue weighted by atomic mass is 10.1. The van der Waals surface area contributed by atoms with Gasteiger partial charge in [-0.25, -0.2) is 18.0 Å².